The van der Waals surface area contributed by atoms with Gasteiger partial charge in [-0.05, 0) is 31.5 Å². The summed E-state index contributed by atoms with van der Waals surface area (Å²) in [7, 11) is 0. The van der Waals surface area contributed by atoms with Gasteiger partial charge in [0, 0.05) is 25.1 Å². The second kappa shape index (κ2) is 8.26. The Balaban J connectivity index is 2.67. The van der Waals surface area contributed by atoms with E-state index in [-0.39, 0.29) is 12.3 Å². The standard InChI is InChI=1S/C14H20N2O3/c15-10-4-8-13(17)16(11-5-9-14(18)19)12-6-2-1-3-7-12/h1-3,6-7H,4-5,8-11,15H2,(H,18,19). The zero-order chi connectivity index (χ0) is 14.1. The molecule has 0 atom stereocenters. The van der Waals surface area contributed by atoms with E-state index in [4.69, 9.17) is 10.8 Å². The van der Waals surface area contributed by atoms with E-state index >= 15 is 0 Å². The van der Waals surface area contributed by atoms with Gasteiger partial charge >= 0.3 is 5.97 Å². The highest BCUT2D eigenvalue weighted by Gasteiger charge is 2.15. The summed E-state index contributed by atoms with van der Waals surface area (Å²) in [5.74, 6) is -0.857. The second-order valence-corrected chi connectivity index (χ2v) is 4.27. The van der Waals surface area contributed by atoms with E-state index in [0.717, 1.165) is 5.69 Å². The highest BCUT2D eigenvalue weighted by atomic mass is 16.4. The number of amides is 1. The molecule has 0 aliphatic carbocycles. The summed E-state index contributed by atoms with van der Waals surface area (Å²) in [6.07, 6.45) is 1.53. The van der Waals surface area contributed by atoms with Gasteiger partial charge in [0.05, 0.1) is 0 Å². The zero-order valence-electron chi connectivity index (χ0n) is 10.9. The quantitative estimate of drug-likeness (QED) is 0.747. The van der Waals surface area contributed by atoms with E-state index in [9.17, 15) is 9.59 Å². The topological polar surface area (TPSA) is 83.6 Å². The normalized spacial score (nSPS) is 10.2. The van der Waals surface area contributed by atoms with Crippen LogP contribution in [0.5, 0.6) is 0 Å². The molecule has 0 radical (unpaired) electrons. The fourth-order valence-electron chi connectivity index (χ4n) is 1.78. The molecule has 0 aliphatic heterocycles. The molecular weight excluding hydrogens is 244 g/mol. The van der Waals surface area contributed by atoms with Gasteiger partial charge in [-0.15, -0.1) is 0 Å². The van der Waals surface area contributed by atoms with Crippen LogP contribution in [0, 0.1) is 0 Å². The molecule has 19 heavy (non-hydrogen) atoms. The van der Waals surface area contributed by atoms with Gasteiger partial charge in [0.25, 0.3) is 0 Å². The Kier molecular flexibility index (Phi) is 6.60. The number of hydrogen-bond donors (Lipinski definition) is 2. The van der Waals surface area contributed by atoms with E-state index in [1.807, 2.05) is 30.3 Å². The zero-order valence-corrected chi connectivity index (χ0v) is 10.9. The van der Waals surface area contributed by atoms with Crippen molar-refractivity contribution in [2.75, 3.05) is 18.0 Å². The first-order chi connectivity index (χ1) is 9.15. The van der Waals surface area contributed by atoms with Crippen LogP contribution in [0.2, 0.25) is 0 Å². The molecule has 1 aromatic rings. The molecule has 0 bridgehead atoms. The summed E-state index contributed by atoms with van der Waals surface area (Å²) >= 11 is 0. The Bertz CT molecular complexity index is 406. The molecule has 0 aliphatic rings. The van der Waals surface area contributed by atoms with E-state index in [2.05, 4.69) is 0 Å². The Morgan fingerprint density at radius 3 is 2.37 bits per heavy atom. The number of nitrogens with zero attached hydrogens (tertiary/aromatic N) is 1. The molecule has 3 N–H and O–H groups in total. The number of benzene rings is 1. The SMILES string of the molecule is NCCCC(=O)N(CCCC(=O)O)c1ccccc1. The number of carboxylic acid groups (broad SMARTS) is 1. The number of anilines is 1. The summed E-state index contributed by atoms with van der Waals surface area (Å²) in [5, 5.41) is 8.66. The van der Waals surface area contributed by atoms with Crippen molar-refractivity contribution in [1.82, 2.24) is 0 Å². The molecule has 0 heterocycles. The lowest BCUT2D eigenvalue weighted by atomic mass is 10.2. The summed E-state index contributed by atoms with van der Waals surface area (Å²) in [4.78, 5) is 24.3. The number of para-hydroxylation sites is 1. The number of hydrogen-bond acceptors (Lipinski definition) is 3. The third kappa shape index (κ3) is 5.52. The molecule has 104 valence electrons. The van der Waals surface area contributed by atoms with Crippen LogP contribution in [0.4, 0.5) is 5.69 Å². The predicted molar refractivity (Wildman–Crippen MR) is 74.0 cm³/mol. The van der Waals surface area contributed by atoms with Crippen LogP contribution in [0.15, 0.2) is 30.3 Å². The van der Waals surface area contributed by atoms with Crippen LogP contribution < -0.4 is 10.6 Å². The minimum atomic E-state index is -0.845. The minimum absolute atomic E-state index is 0.0120. The van der Waals surface area contributed by atoms with E-state index in [0.29, 0.717) is 32.4 Å². The van der Waals surface area contributed by atoms with Crippen molar-refractivity contribution in [3.63, 3.8) is 0 Å². The number of rotatable bonds is 8. The van der Waals surface area contributed by atoms with Crippen molar-refractivity contribution in [1.29, 1.82) is 0 Å². The van der Waals surface area contributed by atoms with Crippen LogP contribution >= 0.6 is 0 Å². The van der Waals surface area contributed by atoms with E-state index < -0.39 is 5.97 Å². The van der Waals surface area contributed by atoms with Crippen molar-refractivity contribution in [2.24, 2.45) is 5.73 Å². The van der Waals surface area contributed by atoms with Crippen LogP contribution in [0.1, 0.15) is 25.7 Å². The minimum Gasteiger partial charge on any atom is -0.481 e. The average Bonchev–Trinajstić information content (AvgIpc) is 2.41. The summed E-state index contributed by atoms with van der Waals surface area (Å²) in [5.41, 5.74) is 6.21. The molecule has 0 saturated carbocycles. The second-order valence-electron chi connectivity index (χ2n) is 4.27. The van der Waals surface area contributed by atoms with Gasteiger partial charge in [-0.1, -0.05) is 18.2 Å². The summed E-state index contributed by atoms with van der Waals surface area (Å²) in [6.45, 7) is 0.892. The van der Waals surface area contributed by atoms with Gasteiger partial charge in [0.1, 0.15) is 0 Å². The fraction of sp³-hybridized carbons (Fsp3) is 0.429. The lowest BCUT2D eigenvalue weighted by Crippen LogP contribution is -2.32. The average molecular weight is 264 g/mol. The van der Waals surface area contributed by atoms with Crippen molar-refractivity contribution in [3.8, 4) is 0 Å². The smallest absolute Gasteiger partial charge is 0.303 e. The first-order valence-corrected chi connectivity index (χ1v) is 6.42. The lowest BCUT2D eigenvalue weighted by Gasteiger charge is -2.22. The number of aliphatic carboxylic acids is 1. The maximum Gasteiger partial charge on any atom is 0.303 e. The Morgan fingerprint density at radius 1 is 1.11 bits per heavy atom. The Hall–Kier alpha value is -1.88. The molecule has 0 unspecified atom stereocenters. The van der Waals surface area contributed by atoms with Gasteiger partial charge in [0.15, 0.2) is 0 Å². The molecule has 0 aromatic heterocycles. The highest BCUT2D eigenvalue weighted by Crippen LogP contribution is 2.16. The Morgan fingerprint density at radius 2 is 1.79 bits per heavy atom. The largest absolute Gasteiger partial charge is 0.481 e. The molecule has 1 aromatic carbocycles. The number of nitrogens with two attached hydrogens (primary N) is 1. The van der Waals surface area contributed by atoms with E-state index in [1.54, 1.807) is 4.90 Å². The molecule has 0 saturated heterocycles. The van der Waals surface area contributed by atoms with Crippen molar-refractivity contribution in [2.45, 2.75) is 25.7 Å². The fourth-order valence-corrected chi connectivity index (χ4v) is 1.78. The third-order valence-corrected chi connectivity index (χ3v) is 2.74. The molecule has 0 spiro atoms. The molecule has 1 amide bonds. The van der Waals surface area contributed by atoms with Crippen LogP contribution in [-0.2, 0) is 9.59 Å². The molecule has 0 fully saturated rings. The lowest BCUT2D eigenvalue weighted by molar-refractivity contribution is -0.137. The molecular formula is C14H20N2O3. The molecule has 5 nitrogen and oxygen atoms in total. The third-order valence-electron chi connectivity index (χ3n) is 2.74. The van der Waals surface area contributed by atoms with Crippen molar-refractivity contribution < 1.29 is 14.7 Å². The van der Waals surface area contributed by atoms with Gasteiger partial charge < -0.3 is 15.7 Å². The number of carbonyl (C=O) groups excluding carboxylic acids is 1. The number of carbonyl (C=O) groups is 2. The monoisotopic (exact) mass is 264 g/mol. The van der Waals surface area contributed by atoms with Crippen molar-refractivity contribution >= 4 is 17.6 Å². The van der Waals surface area contributed by atoms with Gasteiger partial charge in [-0.25, -0.2) is 0 Å². The predicted octanol–water partition coefficient (Wildman–Crippen LogP) is 1.62. The highest BCUT2D eigenvalue weighted by molar-refractivity contribution is 5.93. The first kappa shape index (κ1) is 15.2. The van der Waals surface area contributed by atoms with Crippen molar-refractivity contribution in [3.05, 3.63) is 30.3 Å². The van der Waals surface area contributed by atoms with Gasteiger partial charge in [-0.2, -0.15) is 0 Å². The van der Waals surface area contributed by atoms with Crippen LogP contribution in [0.25, 0.3) is 0 Å². The molecule has 5 heteroatoms. The van der Waals surface area contributed by atoms with E-state index in [1.165, 1.54) is 0 Å². The van der Waals surface area contributed by atoms with Crippen LogP contribution in [-0.4, -0.2) is 30.1 Å². The number of carboxylic acids is 1. The van der Waals surface area contributed by atoms with Gasteiger partial charge in [-0.3, -0.25) is 9.59 Å². The maximum atomic E-state index is 12.1. The van der Waals surface area contributed by atoms with Gasteiger partial charge in [0.2, 0.25) is 5.91 Å². The maximum absolute atomic E-state index is 12.1. The summed E-state index contributed by atoms with van der Waals surface area (Å²) in [6, 6.07) is 9.29. The first-order valence-electron chi connectivity index (χ1n) is 6.42. The Labute approximate surface area is 113 Å². The van der Waals surface area contributed by atoms with Crippen LogP contribution in [0.3, 0.4) is 0 Å². The summed E-state index contributed by atoms with van der Waals surface area (Å²) < 4.78 is 0. The molecule has 1 rings (SSSR count).